The Morgan fingerprint density at radius 1 is 1.39 bits per heavy atom. The lowest BCUT2D eigenvalue weighted by Crippen LogP contribution is -2.24. The molecule has 2 aromatic rings. The summed E-state index contributed by atoms with van der Waals surface area (Å²) in [4.78, 5) is 26.7. The topological polar surface area (TPSA) is 88.5 Å². The van der Waals surface area contributed by atoms with Crippen LogP contribution >= 0.6 is 11.3 Å². The Morgan fingerprint density at radius 3 is 2.78 bits per heavy atom. The number of aromatic carboxylic acids is 1. The minimum Gasteiger partial charge on any atom is -0.496 e. The second-order valence-electron chi connectivity index (χ2n) is 5.06. The summed E-state index contributed by atoms with van der Waals surface area (Å²) in [6.45, 7) is 2.19. The second kappa shape index (κ2) is 7.73. The molecule has 1 aromatic carbocycles. The van der Waals surface area contributed by atoms with E-state index in [0.29, 0.717) is 11.4 Å². The maximum absolute atomic E-state index is 12.0. The average molecular weight is 334 g/mol. The first kappa shape index (κ1) is 17.0. The lowest BCUT2D eigenvalue weighted by atomic mass is 9.96. The van der Waals surface area contributed by atoms with Crippen molar-refractivity contribution in [3.8, 4) is 5.75 Å². The average Bonchev–Trinajstić information content (AvgIpc) is 3.02. The number of carbonyl (C=O) groups excluding carboxylic acids is 1. The summed E-state index contributed by atoms with van der Waals surface area (Å²) in [6, 6.07) is 7.61. The SMILES string of the molecule is COc1ccccc1C(C)CC(=O)NCc1nc(C(=O)O)cs1. The van der Waals surface area contributed by atoms with E-state index in [4.69, 9.17) is 9.84 Å². The van der Waals surface area contributed by atoms with Crippen LogP contribution in [0.1, 0.15) is 40.3 Å². The number of carbonyl (C=O) groups is 2. The fourth-order valence-electron chi connectivity index (χ4n) is 2.20. The number of nitrogens with zero attached hydrogens (tertiary/aromatic N) is 1. The fourth-order valence-corrected chi connectivity index (χ4v) is 2.91. The smallest absolute Gasteiger partial charge is 0.355 e. The molecule has 0 fully saturated rings. The van der Waals surface area contributed by atoms with E-state index in [1.807, 2.05) is 31.2 Å². The van der Waals surface area contributed by atoms with Gasteiger partial charge in [0, 0.05) is 11.8 Å². The van der Waals surface area contributed by atoms with Gasteiger partial charge in [0.1, 0.15) is 10.8 Å². The number of rotatable bonds is 7. The summed E-state index contributed by atoms with van der Waals surface area (Å²) >= 11 is 1.21. The fraction of sp³-hybridized carbons (Fsp3) is 0.312. The third-order valence-corrected chi connectivity index (χ3v) is 4.22. The van der Waals surface area contributed by atoms with E-state index in [1.54, 1.807) is 7.11 Å². The van der Waals surface area contributed by atoms with Crippen LogP contribution in [0.25, 0.3) is 0 Å². The molecule has 2 rings (SSSR count). The molecular formula is C16H18N2O4S. The summed E-state index contributed by atoms with van der Waals surface area (Å²) in [7, 11) is 1.61. The van der Waals surface area contributed by atoms with Crippen LogP contribution in [0.5, 0.6) is 5.75 Å². The highest BCUT2D eigenvalue weighted by Crippen LogP contribution is 2.28. The minimum absolute atomic E-state index is 0.00152. The first-order valence-electron chi connectivity index (χ1n) is 7.08. The number of methoxy groups -OCH3 is 1. The van der Waals surface area contributed by atoms with Crippen molar-refractivity contribution in [2.45, 2.75) is 25.8 Å². The molecule has 1 unspecified atom stereocenters. The highest BCUT2D eigenvalue weighted by molar-refractivity contribution is 7.09. The van der Waals surface area contributed by atoms with Gasteiger partial charge < -0.3 is 15.2 Å². The molecule has 7 heteroatoms. The van der Waals surface area contributed by atoms with Crippen molar-refractivity contribution in [2.75, 3.05) is 7.11 Å². The number of amides is 1. The van der Waals surface area contributed by atoms with Crippen molar-refractivity contribution in [3.05, 3.63) is 45.9 Å². The lowest BCUT2D eigenvalue weighted by molar-refractivity contribution is -0.121. The van der Waals surface area contributed by atoms with E-state index >= 15 is 0 Å². The van der Waals surface area contributed by atoms with Gasteiger partial charge in [0.05, 0.1) is 13.7 Å². The van der Waals surface area contributed by atoms with Crippen molar-refractivity contribution >= 4 is 23.2 Å². The highest BCUT2D eigenvalue weighted by atomic mass is 32.1. The van der Waals surface area contributed by atoms with Crippen LogP contribution in [-0.2, 0) is 11.3 Å². The van der Waals surface area contributed by atoms with Gasteiger partial charge >= 0.3 is 5.97 Å². The molecular weight excluding hydrogens is 316 g/mol. The number of nitrogens with one attached hydrogen (secondary N) is 1. The number of ether oxygens (including phenoxy) is 1. The maximum atomic E-state index is 12.0. The van der Waals surface area contributed by atoms with E-state index in [2.05, 4.69) is 10.3 Å². The molecule has 23 heavy (non-hydrogen) atoms. The number of benzene rings is 1. The van der Waals surface area contributed by atoms with E-state index in [0.717, 1.165) is 11.3 Å². The molecule has 0 bridgehead atoms. The van der Waals surface area contributed by atoms with Gasteiger partial charge in [0.15, 0.2) is 5.69 Å². The summed E-state index contributed by atoms with van der Waals surface area (Å²) < 4.78 is 5.31. The molecule has 0 saturated carbocycles. The summed E-state index contributed by atoms with van der Waals surface area (Å²) in [5.41, 5.74) is 0.981. The van der Waals surface area contributed by atoms with Crippen molar-refractivity contribution in [2.24, 2.45) is 0 Å². The van der Waals surface area contributed by atoms with Gasteiger partial charge in [-0.2, -0.15) is 0 Å². The van der Waals surface area contributed by atoms with Crippen LogP contribution < -0.4 is 10.1 Å². The first-order chi connectivity index (χ1) is 11.0. The number of aromatic nitrogens is 1. The standard InChI is InChI=1S/C16H18N2O4S/c1-10(11-5-3-4-6-13(11)22-2)7-14(19)17-8-15-18-12(9-23-15)16(20)21/h3-6,9-10H,7-8H2,1-2H3,(H,17,19)(H,20,21). The lowest BCUT2D eigenvalue weighted by Gasteiger charge is -2.15. The minimum atomic E-state index is -1.07. The van der Waals surface area contributed by atoms with Gasteiger partial charge in [-0.25, -0.2) is 9.78 Å². The Kier molecular flexibility index (Phi) is 5.70. The van der Waals surface area contributed by atoms with Gasteiger partial charge in [0.2, 0.25) is 5.91 Å². The molecule has 1 atom stereocenters. The normalized spacial score (nSPS) is 11.7. The van der Waals surface area contributed by atoms with Crippen LogP contribution in [0.2, 0.25) is 0 Å². The van der Waals surface area contributed by atoms with E-state index in [-0.39, 0.29) is 24.1 Å². The van der Waals surface area contributed by atoms with E-state index < -0.39 is 5.97 Å². The van der Waals surface area contributed by atoms with Crippen molar-refractivity contribution in [1.82, 2.24) is 10.3 Å². The zero-order chi connectivity index (χ0) is 16.8. The predicted octanol–water partition coefficient (Wildman–Crippen LogP) is 2.66. The van der Waals surface area contributed by atoms with Crippen molar-refractivity contribution < 1.29 is 19.4 Å². The molecule has 0 aliphatic heterocycles. The molecule has 0 spiro atoms. The third-order valence-electron chi connectivity index (χ3n) is 3.37. The Bertz CT molecular complexity index is 699. The van der Waals surface area contributed by atoms with Crippen LogP contribution in [0.3, 0.4) is 0 Å². The number of carboxylic acid groups (broad SMARTS) is 1. The maximum Gasteiger partial charge on any atom is 0.355 e. The molecule has 2 N–H and O–H groups in total. The molecule has 1 aromatic heterocycles. The zero-order valence-electron chi connectivity index (χ0n) is 12.9. The Hall–Kier alpha value is -2.41. The van der Waals surface area contributed by atoms with Gasteiger partial charge in [-0.15, -0.1) is 11.3 Å². The van der Waals surface area contributed by atoms with Gasteiger partial charge in [-0.3, -0.25) is 4.79 Å². The number of thiazole rings is 1. The largest absolute Gasteiger partial charge is 0.496 e. The second-order valence-corrected chi connectivity index (χ2v) is 6.00. The van der Waals surface area contributed by atoms with Crippen LogP contribution in [0, 0.1) is 0 Å². The number of para-hydroxylation sites is 1. The Morgan fingerprint density at radius 2 is 2.13 bits per heavy atom. The van der Waals surface area contributed by atoms with Crippen molar-refractivity contribution in [3.63, 3.8) is 0 Å². The van der Waals surface area contributed by atoms with Crippen molar-refractivity contribution in [1.29, 1.82) is 0 Å². The van der Waals surface area contributed by atoms with E-state index in [9.17, 15) is 9.59 Å². The summed E-state index contributed by atoms with van der Waals surface area (Å²) in [6.07, 6.45) is 0.317. The number of hydrogen-bond acceptors (Lipinski definition) is 5. The quantitative estimate of drug-likeness (QED) is 0.812. The molecule has 0 aliphatic carbocycles. The van der Waals surface area contributed by atoms with Crippen LogP contribution in [0.15, 0.2) is 29.6 Å². The number of hydrogen-bond donors (Lipinski definition) is 2. The Labute approximate surface area is 138 Å². The summed E-state index contributed by atoms with van der Waals surface area (Å²) in [5.74, 6) is -0.407. The van der Waals surface area contributed by atoms with Crippen LogP contribution in [0.4, 0.5) is 0 Å². The third kappa shape index (κ3) is 4.53. The van der Waals surface area contributed by atoms with Gasteiger partial charge in [0.25, 0.3) is 0 Å². The molecule has 0 aliphatic rings. The molecule has 122 valence electrons. The zero-order valence-corrected chi connectivity index (χ0v) is 13.7. The first-order valence-corrected chi connectivity index (χ1v) is 7.96. The van der Waals surface area contributed by atoms with Gasteiger partial charge in [-0.05, 0) is 17.5 Å². The summed E-state index contributed by atoms with van der Waals surface area (Å²) in [5, 5.41) is 13.6. The molecule has 1 heterocycles. The van der Waals surface area contributed by atoms with E-state index in [1.165, 1.54) is 16.7 Å². The highest BCUT2D eigenvalue weighted by Gasteiger charge is 2.15. The molecule has 0 saturated heterocycles. The molecule has 1 amide bonds. The van der Waals surface area contributed by atoms with Gasteiger partial charge in [-0.1, -0.05) is 25.1 Å². The van der Waals surface area contributed by atoms with Crippen LogP contribution in [-0.4, -0.2) is 29.1 Å². The predicted molar refractivity (Wildman–Crippen MR) is 86.9 cm³/mol. The monoisotopic (exact) mass is 334 g/mol. The number of carboxylic acids is 1. The molecule has 6 nitrogen and oxygen atoms in total. The Balaban J connectivity index is 1.90. The molecule has 0 radical (unpaired) electrons.